The zero-order valence-electron chi connectivity index (χ0n) is 12.1. The molecule has 1 N–H and O–H groups in total. The molecule has 0 amide bonds. The summed E-state index contributed by atoms with van der Waals surface area (Å²) in [6.07, 6.45) is 2.83. The van der Waals surface area contributed by atoms with Gasteiger partial charge in [0.1, 0.15) is 15.0 Å². The monoisotopic (exact) mass is 362 g/mol. The van der Waals surface area contributed by atoms with E-state index in [0.717, 1.165) is 11.6 Å². The van der Waals surface area contributed by atoms with Crippen LogP contribution in [-0.2, 0) is 20.2 Å². The van der Waals surface area contributed by atoms with Crippen LogP contribution < -0.4 is 29.6 Å². The van der Waals surface area contributed by atoms with Crippen LogP contribution in [0.3, 0.4) is 0 Å². The van der Waals surface area contributed by atoms with Gasteiger partial charge >= 0.3 is 29.6 Å². The Kier molecular flexibility index (Phi) is 6.72. The normalized spacial score (nSPS) is 12.1. The minimum atomic E-state index is -5.09. The molecule has 0 aliphatic rings. The molecule has 6 nitrogen and oxygen atoms in total. The van der Waals surface area contributed by atoms with Gasteiger partial charge in [0, 0.05) is 0 Å². The molecule has 0 fully saturated rings. The van der Waals surface area contributed by atoms with Gasteiger partial charge in [-0.3, -0.25) is 4.55 Å². The molecule has 0 atom stereocenters. The predicted octanol–water partition coefficient (Wildman–Crippen LogP) is -0.988. The van der Waals surface area contributed by atoms with Crippen LogP contribution in [0, 0.1) is 0 Å². The van der Waals surface area contributed by atoms with Gasteiger partial charge in [-0.2, -0.15) is 8.42 Å². The van der Waals surface area contributed by atoms with Crippen molar-refractivity contribution < 1.29 is 55.5 Å². The summed E-state index contributed by atoms with van der Waals surface area (Å²) in [6.45, 7) is 0. The van der Waals surface area contributed by atoms with E-state index in [1.54, 1.807) is 30.3 Å². The first kappa shape index (κ1) is 20.0. The quantitative estimate of drug-likeness (QED) is 0.425. The Morgan fingerprint density at radius 2 is 1.48 bits per heavy atom. The maximum absolute atomic E-state index is 11.4. The first-order valence-electron chi connectivity index (χ1n) is 5.99. The summed E-state index contributed by atoms with van der Waals surface area (Å²) in [7, 11) is -9.93. The summed E-state index contributed by atoms with van der Waals surface area (Å²) in [6, 6.07) is 12.2. The Morgan fingerprint density at radius 3 is 2.00 bits per heavy atom. The predicted molar refractivity (Wildman–Crippen MR) is 79.6 cm³/mol. The average Bonchev–Trinajstić information content (AvgIpc) is 2.44. The topological polar surface area (TPSA) is 112 Å². The van der Waals surface area contributed by atoms with Gasteiger partial charge in [0.25, 0.3) is 10.1 Å². The van der Waals surface area contributed by atoms with Crippen LogP contribution in [0.2, 0.25) is 0 Å². The van der Waals surface area contributed by atoms with Gasteiger partial charge < -0.3 is 4.55 Å². The van der Waals surface area contributed by atoms with E-state index in [9.17, 15) is 21.4 Å². The summed E-state index contributed by atoms with van der Waals surface area (Å²) in [5.74, 6) is 0. The summed E-state index contributed by atoms with van der Waals surface area (Å²) in [5.41, 5.74) is 0.614. The molecule has 2 aromatic rings. The third-order valence-electron chi connectivity index (χ3n) is 2.79. The molecule has 0 aromatic heterocycles. The Morgan fingerprint density at radius 1 is 0.870 bits per heavy atom. The SMILES string of the molecule is O=S(=O)([O-])c1c(C=Cc2ccccc2)cccc1S(=O)(=O)O.[Na+]. The van der Waals surface area contributed by atoms with Gasteiger partial charge in [0.05, 0.1) is 4.90 Å². The maximum Gasteiger partial charge on any atom is 1.00 e. The van der Waals surface area contributed by atoms with Crippen molar-refractivity contribution in [1.29, 1.82) is 0 Å². The van der Waals surface area contributed by atoms with Gasteiger partial charge in [-0.15, -0.1) is 0 Å². The maximum atomic E-state index is 11.4. The van der Waals surface area contributed by atoms with Crippen LogP contribution in [0.1, 0.15) is 11.1 Å². The van der Waals surface area contributed by atoms with E-state index in [1.165, 1.54) is 24.3 Å². The van der Waals surface area contributed by atoms with Crippen LogP contribution in [0.5, 0.6) is 0 Å². The molecular formula is C14H11NaO6S2. The summed E-state index contributed by atoms with van der Waals surface area (Å²) in [5, 5.41) is 0. The van der Waals surface area contributed by atoms with E-state index >= 15 is 0 Å². The van der Waals surface area contributed by atoms with Crippen LogP contribution >= 0.6 is 0 Å². The average molecular weight is 362 g/mol. The standard InChI is InChI=1S/C14H12O6S2.Na/c15-21(16,17)13-8-4-7-12(14(13)22(18,19)20)10-9-11-5-2-1-3-6-11;/h1-10H,(H,15,16,17)(H,18,19,20);/q;+1/p-1. The van der Waals surface area contributed by atoms with Gasteiger partial charge in [-0.25, -0.2) is 8.42 Å². The van der Waals surface area contributed by atoms with Crippen molar-refractivity contribution in [1.82, 2.24) is 0 Å². The van der Waals surface area contributed by atoms with E-state index < -0.39 is 30.0 Å². The van der Waals surface area contributed by atoms with Crippen LogP contribution in [-0.4, -0.2) is 25.9 Å². The number of hydrogen-bond acceptors (Lipinski definition) is 5. The fraction of sp³-hybridized carbons (Fsp3) is 0. The van der Waals surface area contributed by atoms with Crippen molar-refractivity contribution in [3.8, 4) is 0 Å². The van der Waals surface area contributed by atoms with Crippen molar-refractivity contribution >= 4 is 32.4 Å². The second kappa shape index (κ2) is 7.71. The molecular weight excluding hydrogens is 351 g/mol. The third-order valence-corrected chi connectivity index (χ3v) is 4.77. The van der Waals surface area contributed by atoms with Crippen molar-refractivity contribution in [3.05, 3.63) is 59.7 Å². The molecule has 23 heavy (non-hydrogen) atoms. The Hall–Kier alpha value is -1.000. The fourth-order valence-corrected chi connectivity index (χ4v) is 3.85. The van der Waals surface area contributed by atoms with E-state index in [0.29, 0.717) is 0 Å². The molecule has 2 aromatic carbocycles. The van der Waals surface area contributed by atoms with E-state index in [1.807, 2.05) is 0 Å². The molecule has 0 aliphatic carbocycles. The molecule has 0 bridgehead atoms. The molecule has 0 spiro atoms. The zero-order chi connectivity index (χ0) is 16.4. The van der Waals surface area contributed by atoms with Crippen molar-refractivity contribution in [3.63, 3.8) is 0 Å². The van der Waals surface area contributed by atoms with Crippen LogP contribution in [0.25, 0.3) is 12.2 Å². The van der Waals surface area contributed by atoms with E-state index in [4.69, 9.17) is 4.55 Å². The fourth-order valence-electron chi connectivity index (χ4n) is 1.88. The smallest absolute Gasteiger partial charge is 0.744 e. The van der Waals surface area contributed by atoms with Gasteiger partial charge in [0.15, 0.2) is 0 Å². The van der Waals surface area contributed by atoms with Crippen molar-refractivity contribution in [2.75, 3.05) is 0 Å². The number of benzene rings is 2. The van der Waals surface area contributed by atoms with E-state index in [2.05, 4.69) is 0 Å². The molecule has 0 heterocycles. The second-order valence-electron chi connectivity index (χ2n) is 4.35. The van der Waals surface area contributed by atoms with Crippen LogP contribution in [0.4, 0.5) is 0 Å². The van der Waals surface area contributed by atoms with Gasteiger partial charge in [0.2, 0.25) is 0 Å². The zero-order valence-corrected chi connectivity index (χ0v) is 15.7. The Balaban J connectivity index is 0.00000264. The largest absolute Gasteiger partial charge is 1.00 e. The van der Waals surface area contributed by atoms with Gasteiger partial charge in [-0.1, -0.05) is 54.6 Å². The molecule has 2 rings (SSSR count). The van der Waals surface area contributed by atoms with Gasteiger partial charge in [-0.05, 0) is 17.2 Å². The molecule has 0 unspecified atom stereocenters. The summed E-state index contributed by atoms with van der Waals surface area (Å²) in [4.78, 5) is -1.90. The Labute approximate surface area is 156 Å². The molecule has 9 heteroatoms. The molecule has 0 saturated heterocycles. The molecule has 116 valence electrons. The minimum absolute atomic E-state index is 0. The summed E-state index contributed by atoms with van der Waals surface area (Å²) >= 11 is 0. The molecule has 0 aliphatic heterocycles. The first-order valence-corrected chi connectivity index (χ1v) is 8.84. The van der Waals surface area contributed by atoms with Crippen molar-refractivity contribution in [2.24, 2.45) is 0 Å². The number of rotatable bonds is 4. The Bertz CT molecular complexity index is 919. The van der Waals surface area contributed by atoms with E-state index in [-0.39, 0.29) is 35.1 Å². The summed E-state index contributed by atoms with van der Waals surface area (Å²) < 4.78 is 65.7. The number of hydrogen-bond donors (Lipinski definition) is 1. The molecule has 0 radical (unpaired) electrons. The molecule has 0 saturated carbocycles. The third kappa shape index (κ3) is 5.25. The van der Waals surface area contributed by atoms with Crippen LogP contribution in [0.15, 0.2) is 58.3 Å². The minimum Gasteiger partial charge on any atom is -0.744 e. The second-order valence-corrected chi connectivity index (χ2v) is 7.05. The first-order chi connectivity index (χ1) is 10.2. The van der Waals surface area contributed by atoms with Crippen molar-refractivity contribution in [2.45, 2.75) is 9.79 Å².